The summed E-state index contributed by atoms with van der Waals surface area (Å²) >= 11 is 0. The van der Waals surface area contributed by atoms with Crippen LogP contribution in [0.1, 0.15) is 63.1 Å². The lowest BCUT2D eigenvalue weighted by Gasteiger charge is -2.23. The van der Waals surface area contributed by atoms with Crippen LogP contribution in [0.3, 0.4) is 0 Å². The molecule has 0 aliphatic heterocycles. The van der Waals surface area contributed by atoms with E-state index >= 15 is 0 Å². The average Bonchev–Trinajstić information content (AvgIpc) is 3.19. The molecule has 1 saturated carbocycles. The molecule has 0 spiro atoms. The molecule has 0 aromatic heterocycles. The van der Waals surface area contributed by atoms with Gasteiger partial charge in [0.15, 0.2) is 0 Å². The molecule has 1 aliphatic carbocycles. The van der Waals surface area contributed by atoms with Gasteiger partial charge in [-0.05, 0) is 50.7 Å². The van der Waals surface area contributed by atoms with Gasteiger partial charge in [0.05, 0.1) is 12.5 Å². The Morgan fingerprint density at radius 3 is 2.59 bits per heavy atom. The van der Waals surface area contributed by atoms with Crippen molar-refractivity contribution < 1.29 is 19.4 Å². The summed E-state index contributed by atoms with van der Waals surface area (Å²) in [5.74, 6) is -0.384. The van der Waals surface area contributed by atoms with Crippen LogP contribution in [0, 0.1) is 0 Å². The molecule has 5 heteroatoms. The normalized spacial score (nSPS) is 16.0. The third-order valence-corrected chi connectivity index (χ3v) is 3.43. The molecule has 0 heterocycles. The van der Waals surface area contributed by atoms with E-state index in [1.807, 2.05) is 24.3 Å². The van der Waals surface area contributed by atoms with E-state index in [0.29, 0.717) is 5.92 Å². The number of benzene rings is 1. The van der Waals surface area contributed by atoms with Gasteiger partial charge >= 0.3 is 12.1 Å². The summed E-state index contributed by atoms with van der Waals surface area (Å²) in [6.07, 6.45) is 1.57. The summed E-state index contributed by atoms with van der Waals surface area (Å²) in [5.41, 5.74) is 1.39. The molecule has 1 aromatic carbocycles. The van der Waals surface area contributed by atoms with E-state index in [2.05, 4.69) is 5.32 Å². The molecule has 1 atom stereocenters. The summed E-state index contributed by atoms with van der Waals surface area (Å²) in [4.78, 5) is 23.0. The Kier molecular flexibility index (Phi) is 4.74. The molecule has 22 heavy (non-hydrogen) atoms. The Bertz CT molecular complexity index is 558. The highest BCUT2D eigenvalue weighted by Crippen LogP contribution is 2.40. The Morgan fingerprint density at radius 1 is 1.36 bits per heavy atom. The summed E-state index contributed by atoms with van der Waals surface area (Å²) in [5, 5.41) is 11.8. The molecule has 2 N–H and O–H groups in total. The summed E-state index contributed by atoms with van der Waals surface area (Å²) in [6, 6.07) is 7.20. The predicted molar refractivity (Wildman–Crippen MR) is 82.8 cm³/mol. The molecular formula is C17H23NO4. The molecule has 0 bridgehead atoms. The van der Waals surface area contributed by atoms with Crippen LogP contribution in [0.5, 0.6) is 0 Å². The van der Waals surface area contributed by atoms with Gasteiger partial charge in [0.2, 0.25) is 0 Å². The van der Waals surface area contributed by atoms with Gasteiger partial charge in [-0.3, -0.25) is 4.79 Å². The van der Waals surface area contributed by atoms with Gasteiger partial charge in [0.25, 0.3) is 0 Å². The second-order valence-electron chi connectivity index (χ2n) is 6.74. The first-order valence-electron chi connectivity index (χ1n) is 7.56. The van der Waals surface area contributed by atoms with Gasteiger partial charge in [-0.2, -0.15) is 0 Å². The Balaban J connectivity index is 2.13. The lowest BCUT2D eigenvalue weighted by Crippen LogP contribution is -2.35. The van der Waals surface area contributed by atoms with Crippen LogP contribution in [0.4, 0.5) is 4.79 Å². The van der Waals surface area contributed by atoms with E-state index in [-0.39, 0.29) is 6.42 Å². The number of ether oxygens (including phenoxy) is 1. The highest BCUT2D eigenvalue weighted by Gasteiger charge is 2.26. The summed E-state index contributed by atoms with van der Waals surface area (Å²) < 4.78 is 5.22. The molecule has 1 unspecified atom stereocenters. The SMILES string of the molecule is CC(C)(C)OC(=O)NC(CC(=O)O)c1cccc(C2CC2)c1. The number of hydrogen-bond donors (Lipinski definition) is 2. The number of carbonyl (C=O) groups excluding carboxylic acids is 1. The number of nitrogens with one attached hydrogen (secondary N) is 1. The Morgan fingerprint density at radius 2 is 2.05 bits per heavy atom. The smallest absolute Gasteiger partial charge is 0.408 e. The van der Waals surface area contributed by atoms with E-state index < -0.39 is 23.7 Å². The molecule has 5 nitrogen and oxygen atoms in total. The van der Waals surface area contributed by atoms with Crippen molar-refractivity contribution in [3.8, 4) is 0 Å². The van der Waals surface area contributed by atoms with Gasteiger partial charge in [-0.25, -0.2) is 4.79 Å². The van der Waals surface area contributed by atoms with Crippen LogP contribution in [0.25, 0.3) is 0 Å². The molecule has 2 rings (SSSR count). The van der Waals surface area contributed by atoms with E-state index in [1.165, 1.54) is 18.4 Å². The fourth-order valence-electron chi connectivity index (χ4n) is 2.32. The highest BCUT2D eigenvalue weighted by molar-refractivity contribution is 5.72. The number of amides is 1. The minimum absolute atomic E-state index is 0.173. The molecule has 0 saturated heterocycles. The molecular weight excluding hydrogens is 282 g/mol. The molecule has 1 aromatic rings. The Hall–Kier alpha value is -2.04. The zero-order valence-corrected chi connectivity index (χ0v) is 13.3. The monoisotopic (exact) mass is 305 g/mol. The molecule has 1 aliphatic rings. The van der Waals surface area contributed by atoms with Crippen LogP contribution < -0.4 is 5.32 Å². The van der Waals surface area contributed by atoms with Gasteiger partial charge in [-0.1, -0.05) is 24.3 Å². The maximum atomic E-state index is 11.9. The minimum atomic E-state index is -0.960. The minimum Gasteiger partial charge on any atom is -0.481 e. The number of carbonyl (C=O) groups is 2. The number of carboxylic acids is 1. The van der Waals surface area contributed by atoms with Crippen molar-refractivity contribution >= 4 is 12.1 Å². The largest absolute Gasteiger partial charge is 0.481 e. The van der Waals surface area contributed by atoms with Crippen molar-refractivity contribution in [3.05, 3.63) is 35.4 Å². The quantitative estimate of drug-likeness (QED) is 0.871. The molecule has 1 fully saturated rings. The van der Waals surface area contributed by atoms with Gasteiger partial charge < -0.3 is 15.2 Å². The van der Waals surface area contributed by atoms with Crippen LogP contribution in [0.2, 0.25) is 0 Å². The number of carboxylic acid groups (broad SMARTS) is 1. The number of aliphatic carboxylic acids is 1. The van der Waals surface area contributed by atoms with Crippen molar-refractivity contribution in [2.45, 2.75) is 57.6 Å². The molecule has 0 radical (unpaired) electrons. The fraction of sp³-hybridized carbons (Fsp3) is 0.529. The van der Waals surface area contributed by atoms with E-state index in [0.717, 1.165) is 5.56 Å². The summed E-state index contributed by atoms with van der Waals surface area (Å²) in [6.45, 7) is 5.31. The van der Waals surface area contributed by atoms with E-state index in [1.54, 1.807) is 20.8 Å². The van der Waals surface area contributed by atoms with Crippen LogP contribution >= 0.6 is 0 Å². The third kappa shape index (κ3) is 5.06. The summed E-state index contributed by atoms with van der Waals surface area (Å²) in [7, 11) is 0. The average molecular weight is 305 g/mol. The van der Waals surface area contributed by atoms with Gasteiger partial charge in [0.1, 0.15) is 5.60 Å². The van der Waals surface area contributed by atoms with Crippen molar-refractivity contribution in [3.63, 3.8) is 0 Å². The van der Waals surface area contributed by atoms with Gasteiger partial charge in [-0.15, -0.1) is 0 Å². The van der Waals surface area contributed by atoms with Crippen molar-refractivity contribution in [1.82, 2.24) is 5.32 Å². The zero-order valence-electron chi connectivity index (χ0n) is 13.3. The molecule has 1 amide bonds. The third-order valence-electron chi connectivity index (χ3n) is 3.43. The van der Waals surface area contributed by atoms with Crippen LogP contribution in [0.15, 0.2) is 24.3 Å². The standard InChI is InChI=1S/C17H23NO4/c1-17(2,3)22-16(21)18-14(10-15(19)20)13-6-4-5-12(9-13)11-7-8-11/h4-6,9,11,14H,7-8,10H2,1-3H3,(H,18,21)(H,19,20). The van der Waals surface area contributed by atoms with Gasteiger partial charge in [0, 0.05) is 0 Å². The fourth-order valence-corrected chi connectivity index (χ4v) is 2.32. The predicted octanol–water partition coefficient (Wildman–Crippen LogP) is 3.60. The lowest BCUT2D eigenvalue weighted by molar-refractivity contribution is -0.137. The number of hydrogen-bond acceptors (Lipinski definition) is 3. The van der Waals surface area contributed by atoms with Crippen LogP contribution in [-0.2, 0) is 9.53 Å². The first-order valence-corrected chi connectivity index (χ1v) is 7.56. The van der Waals surface area contributed by atoms with Crippen molar-refractivity contribution in [2.24, 2.45) is 0 Å². The first-order chi connectivity index (χ1) is 10.2. The number of alkyl carbamates (subject to hydrolysis) is 1. The maximum Gasteiger partial charge on any atom is 0.408 e. The lowest BCUT2D eigenvalue weighted by atomic mass is 9.99. The van der Waals surface area contributed by atoms with Crippen LogP contribution in [-0.4, -0.2) is 22.8 Å². The van der Waals surface area contributed by atoms with E-state index in [9.17, 15) is 9.59 Å². The maximum absolute atomic E-state index is 11.9. The number of rotatable bonds is 5. The zero-order chi connectivity index (χ0) is 16.3. The highest BCUT2D eigenvalue weighted by atomic mass is 16.6. The molecule has 120 valence electrons. The van der Waals surface area contributed by atoms with Crippen molar-refractivity contribution in [2.75, 3.05) is 0 Å². The second kappa shape index (κ2) is 6.38. The second-order valence-corrected chi connectivity index (χ2v) is 6.74. The Labute approximate surface area is 130 Å². The van der Waals surface area contributed by atoms with Crippen molar-refractivity contribution in [1.29, 1.82) is 0 Å². The van der Waals surface area contributed by atoms with E-state index in [4.69, 9.17) is 9.84 Å². The first kappa shape index (κ1) is 16.3. The topological polar surface area (TPSA) is 75.6 Å².